The van der Waals surface area contributed by atoms with E-state index in [9.17, 15) is 19.4 Å². The number of amides is 2. The van der Waals surface area contributed by atoms with E-state index in [-0.39, 0.29) is 5.82 Å². The largest absolute Gasteiger partial charge is 0.355 e. The maximum atomic E-state index is 13.6. The summed E-state index contributed by atoms with van der Waals surface area (Å²) in [5, 5.41) is 14.9. The summed E-state index contributed by atoms with van der Waals surface area (Å²) < 4.78 is 13.6. The van der Waals surface area contributed by atoms with Gasteiger partial charge in [-0.2, -0.15) is 0 Å². The molecule has 0 heterocycles. The standard InChI is InChI=1S/C29H31FN4O2/c30-25-7-1-20(2-8-25)15-28(32)29(11-12-31)26-9-3-21(16-33-18-35)13-23(26)5-6-24-14-22(17-34-19-36)4-10-27(24)29/h1-4,7-10,13-14,18-19,32H,5-6,11-12,15-17,31H2,(H,33,35)(H,34,36). The molecular weight excluding hydrogens is 455 g/mol. The first-order valence-electron chi connectivity index (χ1n) is 12.1. The normalized spacial score (nSPS) is 13.6. The Morgan fingerprint density at radius 2 is 1.36 bits per heavy atom. The number of hydrogen-bond acceptors (Lipinski definition) is 4. The van der Waals surface area contributed by atoms with E-state index in [1.54, 1.807) is 12.1 Å². The van der Waals surface area contributed by atoms with Gasteiger partial charge in [-0.15, -0.1) is 0 Å². The van der Waals surface area contributed by atoms with Crippen molar-refractivity contribution in [1.82, 2.24) is 10.6 Å². The van der Waals surface area contributed by atoms with Crippen molar-refractivity contribution in [2.45, 2.75) is 44.2 Å². The minimum Gasteiger partial charge on any atom is -0.355 e. The Balaban J connectivity index is 1.88. The molecule has 0 unspecified atom stereocenters. The van der Waals surface area contributed by atoms with Crippen LogP contribution in [0.3, 0.4) is 0 Å². The van der Waals surface area contributed by atoms with Crippen molar-refractivity contribution in [1.29, 1.82) is 5.41 Å². The Morgan fingerprint density at radius 1 is 0.861 bits per heavy atom. The Bertz CT molecular complexity index is 1190. The van der Waals surface area contributed by atoms with Crippen LogP contribution in [0.5, 0.6) is 0 Å². The van der Waals surface area contributed by atoms with Crippen LogP contribution < -0.4 is 16.4 Å². The fraction of sp³-hybridized carbons (Fsp3) is 0.276. The average Bonchev–Trinajstić information content (AvgIpc) is 3.02. The van der Waals surface area contributed by atoms with E-state index in [1.807, 2.05) is 12.1 Å². The van der Waals surface area contributed by atoms with Crippen molar-refractivity contribution < 1.29 is 14.0 Å². The molecule has 0 spiro atoms. The molecule has 5 N–H and O–H groups in total. The van der Waals surface area contributed by atoms with E-state index >= 15 is 0 Å². The van der Waals surface area contributed by atoms with Gasteiger partial charge in [0, 0.05) is 25.2 Å². The fourth-order valence-electron chi connectivity index (χ4n) is 5.41. The van der Waals surface area contributed by atoms with Gasteiger partial charge < -0.3 is 21.8 Å². The highest BCUT2D eigenvalue weighted by molar-refractivity contribution is 5.98. The predicted molar refractivity (Wildman–Crippen MR) is 138 cm³/mol. The number of nitrogens with two attached hydrogens (primary N) is 1. The molecule has 0 aliphatic heterocycles. The van der Waals surface area contributed by atoms with Gasteiger partial charge in [0.1, 0.15) is 5.82 Å². The summed E-state index contributed by atoms with van der Waals surface area (Å²) in [5.41, 5.74) is 13.2. The molecule has 0 aromatic heterocycles. The van der Waals surface area contributed by atoms with E-state index in [2.05, 4.69) is 34.9 Å². The van der Waals surface area contributed by atoms with Crippen molar-refractivity contribution in [3.8, 4) is 0 Å². The monoisotopic (exact) mass is 486 g/mol. The molecule has 0 fully saturated rings. The molecule has 7 heteroatoms. The Kier molecular flexibility index (Phi) is 7.90. The van der Waals surface area contributed by atoms with Crippen molar-refractivity contribution in [3.05, 3.63) is 105 Å². The van der Waals surface area contributed by atoms with E-state index in [4.69, 9.17) is 5.73 Å². The van der Waals surface area contributed by atoms with E-state index in [0.29, 0.717) is 51.0 Å². The second-order valence-corrected chi connectivity index (χ2v) is 9.21. The van der Waals surface area contributed by atoms with E-state index in [1.165, 1.54) is 12.1 Å². The quantitative estimate of drug-likeness (QED) is 0.247. The molecule has 0 atom stereocenters. The highest BCUT2D eigenvalue weighted by atomic mass is 19.1. The third kappa shape index (κ3) is 5.06. The molecule has 6 nitrogen and oxygen atoms in total. The molecule has 0 bridgehead atoms. The molecule has 1 aliphatic rings. The molecule has 2 amide bonds. The fourth-order valence-corrected chi connectivity index (χ4v) is 5.41. The summed E-state index contributed by atoms with van der Waals surface area (Å²) in [4.78, 5) is 21.7. The number of benzene rings is 3. The SMILES string of the molecule is N=C(Cc1ccc(F)cc1)C1(CCN)c2ccc(CNC=O)cc2CCc2cc(CNC=O)ccc21. The molecule has 0 radical (unpaired) electrons. The number of carbonyl (C=O) groups is 2. The molecule has 0 saturated carbocycles. The van der Waals surface area contributed by atoms with Gasteiger partial charge in [0.15, 0.2) is 0 Å². The predicted octanol–water partition coefficient (Wildman–Crippen LogP) is 3.31. The maximum absolute atomic E-state index is 13.6. The van der Waals surface area contributed by atoms with Crippen molar-refractivity contribution >= 4 is 18.5 Å². The molecule has 3 aromatic carbocycles. The van der Waals surface area contributed by atoms with Crippen LogP contribution in [-0.2, 0) is 47.4 Å². The molecule has 36 heavy (non-hydrogen) atoms. The summed E-state index contributed by atoms with van der Waals surface area (Å²) in [6.45, 7) is 1.25. The number of fused-ring (bicyclic) bond motifs is 2. The first-order chi connectivity index (χ1) is 17.5. The lowest BCUT2D eigenvalue weighted by molar-refractivity contribution is -0.110. The van der Waals surface area contributed by atoms with Crippen molar-refractivity contribution in [2.24, 2.45) is 5.73 Å². The summed E-state index contributed by atoms with van der Waals surface area (Å²) in [6.07, 6.45) is 3.84. The number of carbonyl (C=O) groups excluding carboxylic acids is 2. The third-order valence-electron chi connectivity index (χ3n) is 7.03. The lowest BCUT2D eigenvalue weighted by atomic mass is 9.65. The molecule has 3 aromatic rings. The number of nitrogens with one attached hydrogen (secondary N) is 3. The zero-order valence-corrected chi connectivity index (χ0v) is 20.1. The van der Waals surface area contributed by atoms with Crippen molar-refractivity contribution in [3.63, 3.8) is 0 Å². The van der Waals surface area contributed by atoms with E-state index in [0.717, 1.165) is 51.8 Å². The Hall–Kier alpha value is -3.84. The first-order valence-corrected chi connectivity index (χ1v) is 12.1. The van der Waals surface area contributed by atoms with Gasteiger partial charge in [-0.1, -0.05) is 48.5 Å². The number of aryl methyl sites for hydroxylation is 2. The van der Waals surface area contributed by atoms with Gasteiger partial charge in [-0.05, 0) is 76.9 Å². The van der Waals surface area contributed by atoms with Gasteiger partial charge in [0.2, 0.25) is 12.8 Å². The summed E-state index contributed by atoms with van der Waals surface area (Å²) in [7, 11) is 0. The zero-order chi connectivity index (χ0) is 25.5. The van der Waals surface area contributed by atoms with Crippen LogP contribution in [0, 0.1) is 11.2 Å². The van der Waals surface area contributed by atoms with Gasteiger partial charge in [0.05, 0.1) is 5.41 Å². The molecule has 4 rings (SSSR count). The van der Waals surface area contributed by atoms with Crippen LogP contribution in [0.2, 0.25) is 0 Å². The first kappa shape index (κ1) is 25.3. The lowest BCUT2D eigenvalue weighted by Gasteiger charge is -2.37. The highest BCUT2D eigenvalue weighted by Gasteiger charge is 2.42. The third-order valence-corrected chi connectivity index (χ3v) is 7.03. The maximum Gasteiger partial charge on any atom is 0.207 e. The van der Waals surface area contributed by atoms with Gasteiger partial charge in [0.25, 0.3) is 0 Å². The summed E-state index contributed by atoms with van der Waals surface area (Å²) >= 11 is 0. The second-order valence-electron chi connectivity index (χ2n) is 9.21. The van der Waals surface area contributed by atoms with Gasteiger partial charge in [-0.3, -0.25) is 9.59 Å². The highest BCUT2D eigenvalue weighted by Crippen LogP contribution is 2.44. The molecule has 186 valence electrons. The summed E-state index contributed by atoms with van der Waals surface area (Å²) in [5.74, 6) is -0.306. The lowest BCUT2D eigenvalue weighted by Crippen LogP contribution is -2.41. The number of halogens is 1. The number of hydrogen-bond donors (Lipinski definition) is 4. The summed E-state index contributed by atoms with van der Waals surface area (Å²) in [6, 6.07) is 18.7. The Morgan fingerprint density at radius 3 is 1.83 bits per heavy atom. The van der Waals surface area contributed by atoms with Crippen LogP contribution >= 0.6 is 0 Å². The number of rotatable bonds is 11. The molecule has 1 aliphatic carbocycles. The minimum atomic E-state index is -0.752. The van der Waals surface area contributed by atoms with Crippen LogP contribution in [0.1, 0.15) is 45.4 Å². The minimum absolute atomic E-state index is 0.306. The van der Waals surface area contributed by atoms with E-state index < -0.39 is 5.41 Å². The average molecular weight is 487 g/mol. The van der Waals surface area contributed by atoms with Crippen LogP contribution in [0.15, 0.2) is 60.7 Å². The molecular formula is C29H31FN4O2. The van der Waals surface area contributed by atoms with Gasteiger partial charge >= 0.3 is 0 Å². The van der Waals surface area contributed by atoms with Crippen LogP contribution in [-0.4, -0.2) is 25.1 Å². The topological polar surface area (TPSA) is 108 Å². The Labute approximate surface area is 210 Å². The zero-order valence-electron chi connectivity index (χ0n) is 20.1. The second kappa shape index (κ2) is 11.3. The smallest absolute Gasteiger partial charge is 0.207 e. The van der Waals surface area contributed by atoms with Crippen LogP contribution in [0.4, 0.5) is 4.39 Å². The van der Waals surface area contributed by atoms with Crippen molar-refractivity contribution in [2.75, 3.05) is 6.54 Å². The van der Waals surface area contributed by atoms with Crippen LogP contribution in [0.25, 0.3) is 0 Å². The van der Waals surface area contributed by atoms with Gasteiger partial charge in [-0.25, -0.2) is 4.39 Å². The molecule has 0 saturated heterocycles.